The van der Waals surface area contributed by atoms with E-state index in [2.05, 4.69) is 10.2 Å². The maximum absolute atomic E-state index is 11.5. The molecule has 1 unspecified atom stereocenters. The van der Waals surface area contributed by atoms with Crippen molar-refractivity contribution in [3.05, 3.63) is 10.5 Å². The molecule has 6 nitrogen and oxygen atoms in total. The summed E-state index contributed by atoms with van der Waals surface area (Å²) in [4.78, 5) is 23.0. The minimum absolute atomic E-state index is 0.163. The van der Waals surface area contributed by atoms with Crippen LogP contribution in [0.1, 0.15) is 32.7 Å². The number of esters is 1. The lowest BCUT2D eigenvalue weighted by molar-refractivity contribution is -0.146. The SMILES string of the molecule is CCOC(=O)C(C)CSc1n[nH]c(=O)n1C1CC1. The Morgan fingerprint density at radius 3 is 3.00 bits per heavy atom. The molecule has 0 radical (unpaired) electrons. The average Bonchev–Trinajstić information content (AvgIpc) is 3.11. The molecule has 0 amide bonds. The number of rotatable bonds is 6. The first-order chi connectivity index (χ1) is 8.63. The van der Waals surface area contributed by atoms with E-state index in [0.717, 1.165) is 12.8 Å². The summed E-state index contributed by atoms with van der Waals surface area (Å²) in [6.45, 7) is 4.00. The van der Waals surface area contributed by atoms with Crippen molar-refractivity contribution < 1.29 is 9.53 Å². The minimum atomic E-state index is -0.208. The van der Waals surface area contributed by atoms with Crippen LogP contribution in [0.25, 0.3) is 0 Å². The number of nitrogens with one attached hydrogen (secondary N) is 1. The van der Waals surface area contributed by atoms with Crippen molar-refractivity contribution in [2.75, 3.05) is 12.4 Å². The Bertz CT molecular complexity index is 478. The van der Waals surface area contributed by atoms with Gasteiger partial charge in [-0.1, -0.05) is 18.7 Å². The lowest BCUT2D eigenvalue weighted by Crippen LogP contribution is -2.18. The van der Waals surface area contributed by atoms with E-state index in [1.165, 1.54) is 11.8 Å². The first kappa shape index (κ1) is 13.2. The van der Waals surface area contributed by atoms with Crippen LogP contribution in [0.15, 0.2) is 9.95 Å². The number of nitrogens with zero attached hydrogens (tertiary/aromatic N) is 2. The molecule has 1 aromatic rings. The predicted molar refractivity (Wildman–Crippen MR) is 67.6 cm³/mol. The van der Waals surface area contributed by atoms with Gasteiger partial charge in [0.15, 0.2) is 5.16 Å². The summed E-state index contributed by atoms with van der Waals surface area (Å²) >= 11 is 1.42. The Labute approximate surface area is 109 Å². The average molecular weight is 271 g/mol. The number of ether oxygens (including phenoxy) is 1. The zero-order chi connectivity index (χ0) is 13.1. The number of aromatic amines is 1. The highest BCUT2D eigenvalue weighted by atomic mass is 32.2. The minimum Gasteiger partial charge on any atom is -0.466 e. The van der Waals surface area contributed by atoms with E-state index in [1.807, 2.05) is 6.92 Å². The number of carbonyl (C=O) groups is 1. The molecule has 1 heterocycles. The third-order valence-electron chi connectivity index (χ3n) is 2.74. The second kappa shape index (κ2) is 5.60. The Morgan fingerprint density at radius 2 is 2.39 bits per heavy atom. The second-order valence-electron chi connectivity index (χ2n) is 4.38. The van der Waals surface area contributed by atoms with Crippen molar-refractivity contribution in [2.45, 2.75) is 37.9 Å². The van der Waals surface area contributed by atoms with Gasteiger partial charge in [0.1, 0.15) is 0 Å². The van der Waals surface area contributed by atoms with E-state index in [0.29, 0.717) is 17.5 Å². The van der Waals surface area contributed by atoms with E-state index in [9.17, 15) is 9.59 Å². The highest BCUT2D eigenvalue weighted by Crippen LogP contribution is 2.36. The molecule has 1 aliphatic rings. The van der Waals surface area contributed by atoms with E-state index in [4.69, 9.17) is 4.74 Å². The highest BCUT2D eigenvalue weighted by molar-refractivity contribution is 7.99. The largest absolute Gasteiger partial charge is 0.466 e. The van der Waals surface area contributed by atoms with Gasteiger partial charge in [0.25, 0.3) is 0 Å². The topological polar surface area (TPSA) is 77.0 Å². The summed E-state index contributed by atoms with van der Waals surface area (Å²) in [5.41, 5.74) is -0.163. The summed E-state index contributed by atoms with van der Waals surface area (Å²) in [6, 6.07) is 0.289. The second-order valence-corrected chi connectivity index (χ2v) is 5.36. The van der Waals surface area contributed by atoms with Crippen molar-refractivity contribution in [2.24, 2.45) is 5.92 Å². The molecule has 0 bridgehead atoms. The maximum atomic E-state index is 11.5. The number of hydrogen-bond donors (Lipinski definition) is 1. The molecule has 0 saturated heterocycles. The number of hydrogen-bond acceptors (Lipinski definition) is 5. The molecule has 7 heteroatoms. The van der Waals surface area contributed by atoms with E-state index in [-0.39, 0.29) is 23.6 Å². The van der Waals surface area contributed by atoms with Crippen LogP contribution in [0.2, 0.25) is 0 Å². The number of thioether (sulfide) groups is 1. The van der Waals surface area contributed by atoms with E-state index >= 15 is 0 Å². The van der Waals surface area contributed by atoms with Crippen molar-refractivity contribution >= 4 is 17.7 Å². The van der Waals surface area contributed by atoms with Crippen molar-refractivity contribution in [1.29, 1.82) is 0 Å². The quantitative estimate of drug-likeness (QED) is 0.621. The molecule has 1 aliphatic carbocycles. The molecule has 1 N–H and O–H groups in total. The van der Waals surface area contributed by atoms with Crippen LogP contribution < -0.4 is 5.69 Å². The summed E-state index contributed by atoms with van der Waals surface area (Å²) in [7, 11) is 0. The van der Waals surface area contributed by atoms with Crippen LogP contribution in [0.5, 0.6) is 0 Å². The molecule has 1 fully saturated rings. The predicted octanol–water partition coefficient (Wildman–Crippen LogP) is 1.20. The van der Waals surface area contributed by atoms with Gasteiger partial charge in [-0.25, -0.2) is 9.89 Å². The van der Waals surface area contributed by atoms with Crippen LogP contribution >= 0.6 is 11.8 Å². The Balaban J connectivity index is 1.94. The molecule has 1 aromatic heterocycles. The first-order valence-corrected chi connectivity index (χ1v) is 7.08. The molecule has 1 saturated carbocycles. The third-order valence-corrected chi connectivity index (χ3v) is 3.95. The van der Waals surface area contributed by atoms with E-state index in [1.54, 1.807) is 11.5 Å². The van der Waals surface area contributed by atoms with Gasteiger partial charge in [0, 0.05) is 11.8 Å². The van der Waals surface area contributed by atoms with Gasteiger partial charge >= 0.3 is 11.7 Å². The Hall–Kier alpha value is -1.24. The van der Waals surface area contributed by atoms with Crippen LogP contribution in [0.4, 0.5) is 0 Å². The smallest absolute Gasteiger partial charge is 0.344 e. The molecule has 0 aromatic carbocycles. The molecule has 2 rings (SSSR count). The van der Waals surface area contributed by atoms with Gasteiger partial charge in [0.2, 0.25) is 0 Å². The standard InChI is InChI=1S/C11H17N3O3S/c1-3-17-9(15)7(2)6-18-11-13-12-10(16)14(11)8-4-5-8/h7-8H,3-6H2,1-2H3,(H,12,16). The molecule has 100 valence electrons. The molecular formula is C11H17N3O3S. The van der Waals surface area contributed by atoms with Gasteiger partial charge in [-0.05, 0) is 19.8 Å². The lowest BCUT2D eigenvalue weighted by atomic mass is 10.2. The summed E-state index contributed by atoms with van der Waals surface area (Å²) in [5, 5.41) is 7.11. The van der Waals surface area contributed by atoms with Crippen molar-refractivity contribution in [3.8, 4) is 0 Å². The molecule has 0 spiro atoms. The fourth-order valence-corrected chi connectivity index (χ4v) is 2.62. The Morgan fingerprint density at radius 1 is 1.67 bits per heavy atom. The summed E-state index contributed by atoms with van der Waals surface area (Å²) in [6.07, 6.45) is 2.06. The fourth-order valence-electron chi connectivity index (χ4n) is 1.60. The van der Waals surface area contributed by atoms with Gasteiger partial charge in [-0.15, -0.1) is 5.10 Å². The Kier molecular flexibility index (Phi) is 4.11. The molecule has 18 heavy (non-hydrogen) atoms. The summed E-state index contributed by atoms with van der Waals surface area (Å²) < 4.78 is 6.62. The van der Waals surface area contributed by atoms with Crippen LogP contribution in [0, 0.1) is 5.92 Å². The molecule has 0 aliphatic heterocycles. The molecular weight excluding hydrogens is 254 g/mol. The first-order valence-electron chi connectivity index (χ1n) is 6.09. The number of H-pyrrole nitrogens is 1. The maximum Gasteiger partial charge on any atom is 0.344 e. The van der Waals surface area contributed by atoms with Crippen molar-refractivity contribution in [1.82, 2.24) is 14.8 Å². The normalized spacial score (nSPS) is 16.6. The number of aromatic nitrogens is 3. The number of carbonyl (C=O) groups excluding carboxylic acids is 1. The van der Waals surface area contributed by atoms with Gasteiger partial charge in [-0.3, -0.25) is 9.36 Å². The summed E-state index contributed by atoms with van der Waals surface area (Å²) in [5.74, 6) is 0.158. The lowest BCUT2D eigenvalue weighted by Gasteiger charge is -2.09. The van der Waals surface area contributed by atoms with Gasteiger partial charge < -0.3 is 4.74 Å². The molecule has 1 atom stereocenters. The van der Waals surface area contributed by atoms with E-state index < -0.39 is 0 Å². The monoisotopic (exact) mass is 271 g/mol. The third kappa shape index (κ3) is 2.95. The van der Waals surface area contributed by atoms with Crippen LogP contribution in [-0.2, 0) is 9.53 Å². The van der Waals surface area contributed by atoms with Gasteiger partial charge in [-0.2, -0.15) is 0 Å². The van der Waals surface area contributed by atoms with Crippen molar-refractivity contribution in [3.63, 3.8) is 0 Å². The van der Waals surface area contributed by atoms with Crippen LogP contribution in [0.3, 0.4) is 0 Å². The zero-order valence-electron chi connectivity index (χ0n) is 10.5. The highest BCUT2D eigenvalue weighted by Gasteiger charge is 2.29. The zero-order valence-corrected chi connectivity index (χ0v) is 11.3. The fraction of sp³-hybridized carbons (Fsp3) is 0.727. The van der Waals surface area contributed by atoms with Gasteiger partial charge in [0.05, 0.1) is 12.5 Å². The van der Waals surface area contributed by atoms with Crippen LogP contribution in [-0.4, -0.2) is 33.1 Å².